The maximum Gasteiger partial charge on any atom is 0.303 e. The summed E-state index contributed by atoms with van der Waals surface area (Å²) in [5.41, 5.74) is -0.0607. The molecule has 0 aromatic rings. The Kier molecular flexibility index (Phi) is 7.71. The van der Waals surface area contributed by atoms with Crippen molar-refractivity contribution in [2.24, 2.45) is 23.7 Å². The van der Waals surface area contributed by atoms with Gasteiger partial charge in [0.15, 0.2) is 0 Å². The predicted molar refractivity (Wildman–Crippen MR) is 124 cm³/mol. The van der Waals surface area contributed by atoms with E-state index in [0.717, 1.165) is 44.6 Å². The Morgan fingerprint density at radius 2 is 1.97 bits per heavy atom. The molecule has 2 fully saturated rings. The summed E-state index contributed by atoms with van der Waals surface area (Å²) in [5.74, 6) is 0.633. The molecule has 3 aliphatic rings. The summed E-state index contributed by atoms with van der Waals surface area (Å²) in [6, 6.07) is 1.03. The Balaban J connectivity index is 1.74. The SMILES string of the molecule is C=CCN1C[C@H](C)N(C[C@@H](C)[C@@H]2CC[C@@H](C)[C@]3(O)[C][C@@H](OC(C)=O)C(C)=C[C@H]23)C[C@H]1C. The number of aliphatic hydroxyl groups is 1. The molecule has 2 aliphatic carbocycles. The van der Waals surface area contributed by atoms with Crippen molar-refractivity contribution in [2.45, 2.75) is 78.2 Å². The van der Waals surface area contributed by atoms with Crippen LogP contribution < -0.4 is 0 Å². The van der Waals surface area contributed by atoms with Gasteiger partial charge in [0.25, 0.3) is 0 Å². The van der Waals surface area contributed by atoms with Crippen molar-refractivity contribution in [3.05, 3.63) is 30.7 Å². The topological polar surface area (TPSA) is 53.0 Å². The van der Waals surface area contributed by atoms with E-state index in [1.54, 1.807) is 0 Å². The number of nitrogens with zero attached hydrogens (tertiary/aromatic N) is 2. The Labute approximate surface area is 189 Å². The van der Waals surface area contributed by atoms with Gasteiger partial charge in [-0.05, 0) is 56.9 Å². The molecule has 5 heteroatoms. The van der Waals surface area contributed by atoms with Gasteiger partial charge in [-0.25, -0.2) is 0 Å². The normalized spacial score (nSPS) is 40.5. The molecule has 3 rings (SSSR count). The fourth-order valence-electron chi connectivity index (χ4n) is 6.06. The first-order valence-electron chi connectivity index (χ1n) is 12.0. The largest absolute Gasteiger partial charge is 0.457 e. The van der Waals surface area contributed by atoms with E-state index in [1.807, 2.05) is 13.0 Å². The second-order valence-electron chi connectivity index (χ2n) is 10.4. The number of hydrogen-bond acceptors (Lipinski definition) is 5. The van der Waals surface area contributed by atoms with Crippen LogP contribution in [-0.4, -0.2) is 70.8 Å². The molecule has 1 aliphatic heterocycles. The van der Waals surface area contributed by atoms with Gasteiger partial charge in [0.2, 0.25) is 0 Å². The molecule has 1 N–H and O–H groups in total. The highest BCUT2D eigenvalue weighted by molar-refractivity contribution is 5.66. The van der Waals surface area contributed by atoms with E-state index in [2.05, 4.69) is 56.6 Å². The van der Waals surface area contributed by atoms with Crippen LogP contribution in [0.15, 0.2) is 24.3 Å². The second-order valence-corrected chi connectivity index (χ2v) is 10.4. The second kappa shape index (κ2) is 9.76. The molecule has 2 radical (unpaired) electrons. The number of piperazine rings is 1. The third kappa shape index (κ3) is 5.09. The van der Waals surface area contributed by atoms with Crippen LogP contribution in [0.1, 0.15) is 54.4 Å². The van der Waals surface area contributed by atoms with E-state index in [-0.39, 0.29) is 17.8 Å². The van der Waals surface area contributed by atoms with Crippen LogP contribution in [0.4, 0.5) is 0 Å². The molecule has 5 nitrogen and oxygen atoms in total. The average molecular weight is 431 g/mol. The fraction of sp³-hybridized carbons (Fsp3) is 0.769. The molecule has 0 bridgehead atoms. The Bertz CT molecular complexity index is 692. The lowest BCUT2D eigenvalue weighted by molar-refractivity contribution is -0.148. The predicted octanol–water partition coefficient (Wildman–Crippen LogP) is 3.57. The smallest absolute Gasteiger partial charge is 0.303 e. The molecular formula is C26H42N2O3. The summed E-state index contributed by atoms with van der Waals surface area (Å²) in [6.07, 6.45) is 9.01. The maximum absolute atomic E-state index is 11.7. The van der Waals surface area contributed by atoms with E-state index in [4.69, 9.17) is 4.74 Å². The lowest BCUT2D eigenvalue weighted by atomic mass is 9.57. The average Bonchev–Trinajstić information content (AvgIpc) is 2.68. The van der Waals surface area contributed by atoms with Gasteiger partial charge in [-0.15, -0.1) is 6.58 Å². The van der Waals surface area contributed by atoms with Gasteiger partial charge in [-0.2, -0.15) is 0 Å². The first-order valence-corrected chi connectivity index (χ1v) is 12.0. The standard InChI is InChI=1S/C26H42N2O3/c1-8-11-27-15-21(6)28(16-20(27)5)14-18(3)23-10-9-19(4)26(30)13-25(31-22(7)29)17(2)12-24(23)26/h8,12,18-21,23-25,30H,1,9-11,14-16H2,2-7H3/t18-,19-,20-,21+,23+,24-,25-,26-/m1/s1. The minimum absolute atomic E-state index is 0.0212. The van der Waals surface area contributed by atoms with Crippen LogP contribution in [0.5, 0.6) is 0 Å². The molecule has 174 valence electrons. The first-order chi connectivity index (χ1) is 14.6. The zero-order valence-corrected chi connectivity index (χ0v) is 20.3. The molecule has 1 saturated heterocycles. The van der Waals surface area contributed by atoms with Crippen molar-refractivity contribution in [3.8, 4) is 0 Å². The molecule has 0 amide bonds. The van der Waals surface area contributed by atoms with Crippen molar-refractivity contribution in [3.63, 3.8) is 0 Å². The van der Waals surface area contributed by atoms with Gasteiger partial charge in [0.05, 0.1) is 12.0 Å². The minimum Gasteiger partial charge on any atom is -0.457 e. The van der Waals surface area contributed by atoms with Crippen LogP contribution in [0, 0.1) is 30.1 Å². The minimum atomic E-state index is -1.04. The van der Waals surface area contributed by atoms with Crippen LogP contribution in [0.2, 0.25) is 0 Å². The Morgan fingerprint density at radius 3 is 2.61 bits per heavy atom. The number of hydrogen-bond donors (Lipinski definition) is 1. The summed E-state index contributed by atoms with van der Waals surface area (Å²) in [7, 11) is 0. The monoisotopic (exact) mass is 430 g/mol. The summed E-state index contributed by atoms with van der Waals surface area (Å²) in [4.78, 5) is 16.7. The highest BCUT2D eigenvalue weighted by Crippen LogP contribution is 2.51. The number of esters is 1. The van der Waals surface area contributed by atoms with Gasteiger partial charge in [0, 0.05) is 51.1 Å². The Morgan fingerprint density at radius 1 is 1.32 bits per heavy atom. The Hall–Kier alpha value is -1.17. The van der Waals surface area contributed by atoms with E-state index in [0.29, 0.717) is 23.9 Å². The van der Waals surface area contributed by atoms with Crippen molar-refractivity contribution < 1.29 is 14.6 Å². The lowest BCUT2D eigenvalue weighted by Crippen LogP contribution is -2.59. The number of ether oxygens (including phenoxy) is 1. The van der Waals surface area contributed by atoms with Crippen molar-refractivity contribution in [1.29, 1.82) is 0 Å². The molecule has 31 heavy (non-hydrogen) atoms. The van der Waals surface area contributed by atoms with Crippen molar-refractivity contribution in [1.82, 2.24) is 9.80 Å². The zero-order chi connectivity index (χ0) is 22.9. The molecule has 0 aromatic carbocycles. The molecule has 1 saturated carbocycles. The van der Waals surface area contributed by atoms with Gasteiger partial charge < -0.3 is 9.84 Å². The summed E-state index contributed by atoms with van der Waals surface area (Å²) in [6.45, 7) is 20.5. The number of carbonyl (C=O) groups is 1. The van der Waals surface area contributed by atoms with E-state index >= 15 is 0 Å². The summed E-state index contributed by atoms with van der Waals surface area (Å²) < 4.78 is 5.44. The van der Waals surface area contributed by atoms with Gasteiger partial charge in [0.1, 0.15) is 6.10 Å². The number of rotatable bonds is 6. The third-order valence-electron chi connectivity index (χ3n) is 8.02. The third-order valence-corrected chi connectivity index (χ3v) is 8.02. The van der Waals surface area contributed by atoms with Gasteiger partial charge in [-0.1, -0.05) is 26.0 Å². The zero-order valence-electron chi connectivity index (χ0n) is 20.3. The number of fused-ring (bicyclic) bond motifs is 1. The van der Waals surface area contributed by atoms with Crippen molar-refractivity contribution >= 4 is 5.97 Å². The summed E-state index contributed by atoms with van der Waals surface area (Å²) >= 11 is 0. The van der Waals surface area contributed by atoms with Crippen LogP contribution >= 0.6 is 0 Å². The first kappa shape index (κ1) is 24.5. The highest BCUT2D eigenvalue weighted by Gasteiger charge is 2.53. The molecule has 0 spiro atoms. The van der Waals surface area contributed by atoms with Crippen LogP contribution in [-0.2, 0) is 9.53 Å². The van der Waals surface area contributed by atoms with E-state index < -0.39 is 11.7 Å². The van der Waals surface area contributed by atoms with Crippen molar-refractivity contribution in [2.75, 3.05) is 26.2 Å². The molecular weight excluding hydrogens is 388 g/mol. The quantitative estimate of drug-likeness (QED) is 0.516. The molecule has 1 heterocycles. The molecule has 0 aromatic heterocycles. The maximum atomic E-state index is 11.7. The van der Waals surface area contributed by atoms with Gasteiger partial charge >= 0.3 is 5.97 Å². The highest BCUT2D eigenvalue weighted by atomic mass is 16.5. The van der Waals surface area contributed by atoms with E-state index in [1.165, 1.54) is 6.92 Å². The van der Waals surface area contributed by atoms with Crippen LogP contribution in [0.25, 0.3) is 0 Å². The molecule has 0 unspecified atom stereocenters. The number of carbonyl (C=O) groups excluding carboxylic acids is 1. The van der Waals surface area contributed by atoms with Gasteiger partial charge in [-0.3, -0.25) is 14.6 Å². The summed E-state index contributed by atoms with van der Waals surface area (Å²) in [5, 5.41) is 11.7. The van der Waals surface area contributed by atoms with E-state index in [9.17, 15) is 9.90 Å². The molecule has 8 atom stereocenters. The van der Waals surface area contributed by atoms with Crippen LogP contribution in [0.3, 0.4) is 0 Å². The fourth-order valence-corrected chi connectivity index (χ4v) is 6.06. The lowest BCUT2D eigenvalue weighted by Gasteiger charge is -2.53.